The molecule has 1 aromatic carbocycles. The summed E-state index contributed by atoms with van der Waals surface area (Å²) in [6.07, 6.45) is 1.66. The Morgan fingerprint density at radius 2 is 2.05 bits per heavy atom. The summed E-state index contributed by atoms with van der Waals surface area (Å²) in [6.45, 7) is 7.37. The van der Waals surface area contributed by atoms with Crippen molar-refractivity contribution >= 4 is 5.69 Å². The van der Waals surface area contributed by atoms with Crippen molar-refractivity contribution in [3.8, 4) is 0 Å². The van der Waals surface area contributed by atoms with Gasteiger partial charge in [0.15, 0.2) is 0 Å². The van der Waals surface area contributed by atoms with Crippen LogP contribution in [-0.2, 0) is 13.1 Å². The average Bonchev–Trinajstić information content (AvgIpc) is 2.82. The number of nitrogens with zero attached hydrogens (tertiary/aromatic N) is 1. The summed E-state index contributed by atoms with van der Waals surface area (Å²) >= 11 is 0. The van der Waals surface area contributed by atoms with Gasteiger partial charge in [0.05, 0.1) is 12.0 Å². The normalized spacial score (nSPS) is 11.1. The van der Waals surface area contributed by atoms with E-state index >= 15 is 0 Å². The van der Waals surface area contributed by atoms with Crippen LogP contribution in [0.5, 0.6) is 0 Å². The lowest BCUT2D eigenvalue weighted by atomic mass is 10.1. The van der Waals surface area contributed by atoms with E-state index in [0.29, 0.717) is 24.8 Å². The summed E-state index contributed by atoms with van der Waals surface area (Å²) in [4.78, 5) is 1.90. The van der Waals surface area contributed by atoms with Crippen LogP contribution in [0, 0.1) is 12.7 Å². The van der Waals surface area contributed by atoms with Crippen LogP contribution >= 0.6 is 0 Å². The van der Waals surface area contributed by atoms with Crippen LogP contribution in [0.2, 0.25) is 0 Å². The molecule has 0 saturated carbocycles. The third-order valence-electron chi connectivity index (χ3n) is 3.51. The minimum Gasteiger partial charge on any atom is -0.469 e. The number of hydrogen-bond donors (Lipinski definition) is 1. The van der Waals surface area contributed by atoms with E-state index in [0.717, 1.165) is 16.9 Å². The van der Waals surface area contributed by atoms with Gasteiger partial charge in [0.25, 0.3) is 0 Å². The molecule has 2 aromatic rings. The molecule has 1 aromatic heterocycles. The van der Waals surface area contributed by atoms with Gasteiger partial charge in [0.2, 0.25) is 0 Å². The number of hydrogen-bond acceptors (Lipinski definition) is 3. The highest BCUT2D eigenvalue weighted by Gasteiger charge is 2.11. The Kier molecular flexibility index (Phi) is 5.02. The molecule has 0 aliphatic carbocycles. The van der Waals surface area contributed by atoms with Crippen molar-refractivity contribution < 1.29 is 8.81 Å². The number of aryl methyl sites for hydroxylation is 1. The SMILES string of the molecule is Cc1occc1CN(C)c1ccc(CNC(C)C)cc1F. The van der Waals surface area contributed by atoms with Crippen molar-refractivity contribution in [1.29, 1.82) is 0 Å². The minimum atomic E-state index is -0.193. The summed E-state index contributed by atoms with van der Waals surface area (Å²) < 4.78 is 19.5. The summed E-state index contributed by atoms with van der Waals surface area (Å²) in [7, 11) is 1.89. The zero-order valence-electron chi connectivity index (χ0n) is 13.1. The first kappa shape index (κ1) is 15.6. The Bertz CT molecular complexity index is 592. The van der Waals surface area contributed by atoms with Crippen molar-refractivity contribution in [1.82, 2.24) is 5.32 Å². The van der Waals surface area contributed by atoms with Crippen LogP contribution in [0.25, 0.3) is 0 Å². The van der Waals surface area contributed by atoms with E-state index in [1.807, 2.05) is 37.1 Å². The second kappa shape index (κ2) is 6.76. The van der Waals surface area contributed by atoms with E-state index in [9.17, 15) is 4.39 Å². The van der Waals surface area contributed by atoms with Crippen LogP contribution in [0.15, 0.2) is 34.9 Å². The molecule has 0 atom stereocenters. The van der Waals surface area contributed by atoms with E-state index in [4.69, 9.17) is 4.42 Å². The molecule has 0 bridgehead atoms. The molecular weight excluding hydrogens is 267 g/mol. The zero-order valence-corrected chi connectivity index (χ0v) is 13.1. The topological polar surface area (TPSA) is 28.4 Å². The van der Waals surface area contributed by atoms with E-state index in [2.05, 4.69) is 19.2 Å². The predicted molar refractivity (Wildman–Crippen MR) is 83.9 cm³/mol. The molecule has 0 amide bonds. The number of anilines is 1. The van der Waals surface area contributed by atoms with Gasteiger partial charge in [-0.05, 0) is 30.7 Å². The Morgan fingerprint density at radius 1 is 1.29 bits per heavy atom. The van der Waals surface area contributed by atoms with E-state index in [-0.39, 0.29) is 5.82 Å². The molecule has 0 aliphatic heterocycles. The van der Waals surface area contributed by atoms with Gasteiger partial charge < -0.3 is 14.6 Å². The highest BCUT2D eigenvalue weighted by Crippen LogP contribution is 2.22. The number of benzene rings is 1. The summed E-state index contributed by atoms with van der Waals surface area (Å²) in [5.41, 5.74) is 2.63. The smallest absolute Gasteiger partial charge is 0.146 e. The molecule has 0 aliphatic rings. The fraction of sp³-hybridized carbons (Fsp3) is 0.412. The summed E-state index contributed by atoms with van der Waals surface area (Å²) in [5.74, 6) is 0.682. The quantitative estimate of drug-likeness (QED) is 0.875. The molecule has 114 valence electrons. The fourth-order valence-electron chi connectivity index (χ4n) is 2.21. The molecule has 0 unspecified atom stereocenters. The zero-order chi connectivity index (χ0) is 15.4. The first-order valence-electron chi connectivity index (χ1n) is 7.23. The van der Waals surface area contributed by atoms with E-state index in [1.54, 1.807) is 12.3 Å². The molecule has 4 heteroatoms. The van der Waals surface area contributed by atoms with Gasteiger partial charge in [-0.15, -0.1) is 0 Å². The Morgan fingerprint density at radius 3 is 2.62 bits per heavy atom. The number of rotatable bonds is 6. The van der Waals surface area contributed by atoms with Crippen molar-refractivity contribution in [2.45, 2.75) is 39.9 Å². The summed E-state index contributed by atoms with van der Waals surface area (Å²) in [5, 5.41) is 3.29. The Balaban J connectivity index is 2.07. The van der Waals surface area contributed by atoms with Crippen molar-refractivity contribution in [2.24, 2.45) is 0 Å². The molecule has 1 heterocycles. The standard InChI is InChI=1S/C17H23FN2O/c1-12(2)19-10-14-5-6-17(16(18)9-14)20(4)11-15-7-8-21-13(15)3/h5-9,12,19H,10-11H2,1-4H3. The maximum Gasteiger partial charge on any atom is 0.146 e. The van der Waals surface area contributed by atoms with Crippen LogP contribution in [0.3, 0.4) is 0 Å². The lowest BCUT2D eigenvalue weighted by Crippen LogP contribution is -2.22. The molecular formula is C17H23FN2O. The van der Waals surface area contributed by atoms with Crippen LogP contribution in [0.4, 0.5) is 10.1 Å². The number of nitrogens with one attached hydrogen (secondary N) is 1. The third-order valence-corrected chi connectivity index (χ3v) is 3.51. The maximum atomic E-state index is 14.3. The molecule has 21 heavy (non-hydrogen) atoms. The van der Waals surface area contributed by atoms with Gasteiger partial charge in [-0.1, -0.05) is 19.9 Å². The van der Waals surface area contributed by atoms with Gasteiger partial charge >= 0.3 is 0 Å². The Hall–Kier alpha value is -1.81. The van der Waals surface area contributed by atoms with Crippen LogP contribution < -0.4 is 10.2 Å². The van der Waals surface area contributed by atoms with Gasteiger partial charge in [-0.3, -0.25) is 0 Å². The van der Waals surface area contributed by atoms with Gasteiger partial charge in [-0.25, -0.2) is 4.39 Å². The lowest BCUT2D eigenvalue weighted by Gasteiger charge is -2.20. The number of halogens is 1. The lowest BCUT2D eigenvalue weighted by molar-refractivity contribution is 0.529. The van der Waals surface area contributed by atoms with Crippen LogP contribution in [-0.4, -0.2) is 13.1 Å². The first-order valence-corrected chi connectivity index (χ1v) is 7.23. The molecule has 3 nitrogen and oxygen atoms in total. The highest BCUT2D eigenvalue weighted by molar-refractivity contribution is 5.49. The summed E-state index contributed by atoms with van der Waals surface area (Å²) in [6, 6.07) is 7.71. The molecule has 0 fully saturated rings. The third kappa shape index (κ3) is 4.08. The minimum absolute atomic E-state index is 0.193. The molecule has 2 rings (SSSR count). The van der Waals surface area contributed by atoms with Crippen molar-refractivity contribution in [3.63, 3.8) is 0 Å². The predicted octanol–water partition coefficient (Wildman–Crippen LogP) is 3.86. The highest BCUT2D eigenvalue weighted by atomic mass is 19.1. The largest absolute Gasteiger partial charge is 0.469 e. The Labute approximate surface area is 125 Å². The van der Waals surface area contributed by atoms with E-state index < -0.39 is 0 Å². The first-order chi connectivity index (χ1) is 9.97. The number of furan rings is 1. The second-order valence-electron chi connectivity index (χ2n) is 5.68. The maximum absolute atomic E-state index is 14.3. The molecule has 0 radical (unpaired) electrons. The molecule has 0 saturated heterocycles. The molecule has 1 N–H and O–H groups in total. The van der Waals surface area contributed by atoms with Crippen LogP contribution in [0.1, 0.15) is 30.7 Å². The van der Waals surface area contributed by atoms with E-state index in [1.165, 1.54) is 0 Å². The van der Waals surface area contributed by atoms with Gasteiger partial charge in [0.1, 0.15) is 11.6 Å². The van der Waals surface area contributed by atoms with Gasteiger partial charge in [-0.2, -0.15) is 0 Å². The van der Waals surface area contributed by atoms with Crippen molar-refractivity contribution in [3.05, 3.63) is 53.2 Å². The van der Waals surface area contributed by atoms with Crippen molar-refractivity contribution in [2.75, 3.05) is 11.9 Å². The average molecular weight is 290 g/mol. The monoisotopic (exact) mass is 290 g/mol. The van der Waals surface area contributed by atoms with Gasteiger partial charge in [0, 0.05) is 31.7 Å². The molecule has 0 spiro atoms. The second-order valence-corrected chi connectivity index (χ2v) is 5.68. The fourth-order valence-corrected chi connectivity index (χ4v) is 2.21.